The third-order valence-corrected chi connectivity index (χ3v) is 3.68. The van der Waals surface area contributed by atoms with Gasteiger partial charge in [-0.15, -0.1) is 11.3 Å². The lowest BCUT2D eigenvalue weighted by Crippen LogP contribution is -2.08. The average molecular weight is 292 g/mol. The topological polar surface area (TPSA) is 37.8 Å². The van der Waals surface area contributed by atoms with Crippen molar-refractivity contribution in [1.29, 1.82) is 0 Å². The van der Waals surface area contributed by atoms with E-state index in [0.717, 1.165) is 11.1 Å². The zero-order valence-electron chi connectivity index (χ0n) is 8.75. The predicted molar refractivity (Wildman–Crippen MR) is 68.4 cm³/mol. The maximum absolute atomic E-state index is 13.4. The van der Waals surface area contributed by atoms with E-state index in [1.807, 2.05) is 13.0 Å². The lowest BCUT2D eigenvalue weighted by Gasteiger charge is -2.13. The van der Waals surface area contributed by atoms with Crippen molar-refractivity contribution in [3.63, 3.8) is 0 Å². The Kier molecular flexibility index (Phi) is 3.81. The Bertz CT molecular complexity index is 532. The molecule has 0 saturated heterocycles. The molecule has 3 nitrogen and oxygen atoms in total. The standard InChI is InChI=1S/C10H8Cl2FN3S/c1-5(7-2-3-8(11)17-7)15-9-6(13)4-14-10(12)16-9/h2-5H,1H3,(H,14,15,16). The molecule has 2 aromatic rings. The third-order valence-electron chi connectivity index (χ3n) is 2.09. The Morgan fingerprint density at radius 2 is 2.18 bits per heavy atom. The zero-order chi connectivity index (χ0) is 12.4. The summed E-state index contributed by atoms with van der Waals surface area (Å²) in [4.78, 5) is 8.32. The minimum Gasteiger partial charge on any atom is -0.360 e. The lowest BCUT2D eigenvalue weighted by atomic mass is 10.3. The normalized spacial score (nSPS) is 12.5. The van der Waals surface area contributed by atoms with Crippen molar-refractivity contribution in [1.82, 2.24) is 9.97 Å². The molecule has 0 saturated carbocycles. The van der Waals surface area contributed by atoms with Crippen LogP contribution in [0.2, 0.25) is 9.62 Å². The second-order valence-corrected chi connectivity index (χ2v) is 5.43. The van der Waals surface area contributed by atoms with E-state index in [0.29, 0.717) is 4.34 Å². The highest BCUT2D eigenvalue weighted by molar-refractivity contribution is 7.16. The molecule has 2 aromatic heterocycles. The van der Waals surface area contributed by atoms with Gasteiger partial charge in [0.2, 0.25) is 5.28 Å². The summed E-state index contributed by atoms with van der Waals surface area (Å²) in [5, 5.41) is 2.93. The largest absolute Gasteiger partial charge is 0.360 e. The summed E-state index contributed by atoms with van der Waals surface area (Å²) in [7, 11) is 0. The van der Waals surface area contributed by atoms with Crippen molar-refractivity contribution in [3.05, 3.63) is 38.6 Å². The van der Waals surface area contributed by atoms with E-state index >= 15 is 0 Å². The van der Waals surface area contributed by atoms with Crippen LogP contribution in [0.25, 0.3) is 0 Å². The van der Waals surface area contributed by atoms with E-state index in [-0.39, 0.29) is 17.1 Å². The van der Waals surface area contributed by atoms with Crippen molar-refractivity contribution < 1.29 is 4.39 Å². The fraction of sp³-hybridized carbons (Fsp3) is 0.200. The van der Waals surface area contributed by atoms with Gasteiger partial charge in [-0.3, -0.25) is 0 Å². The molecule has 0 fully saturated rings. The Hall–Kier alpha value is -0.910. The molecule has 1 N–H and O–H groups in total. The van der Waals surface area contributed by atoms with Crippen molar-refractivity contribution >= 4 is 40.4 Å². The number of nitrogens with zero attached hydrogens (tertiary/aromatic N) is 2. The molecule has 0 aliphatic heterocycles. The SMILES string of the molecule is CC(Nc1nc(Cl)ncc1F)c1ccc(Cl)s1. The zero-order valence-corrected chi connectivity index (χ0v) is 11.1. The van der Waals surface area contributed by atoms with Gasteiger partial charge in [-0.25, -0.2) is 9.37 Å². The smallest absolute Gasteiger partial charge is 0.224 e. The predicted octanol–water partition coefficient (Wildman–Crippen LogP) is 4.16. The summed E-state index contributed by atoms with van der Waals surface area (Å²) >= 11 is 12.9. The summed E-state index contributed by atoms with van der Waals surface area (Å²) < 4.78 is 14.1. The molecule has 0 aromatic carbocycles. The van der Waals surface area contributed by atoms with Gasteiger partial charge < -0.3 is 5.32 Å². The maximum Gasteiger partial charge on any atom is 0.224 e. The fourth-order valence-corrected chi connectivity index (χ4v) is 2.48. The van der Waals surface area contributed by atoms with Gasteiger partial charge in [0.25, 0.3) is 0 Å². The molecule has 1 atom stereocenters. The highest BCUT2D eigenvalue weighted by Gasteiger charge is 2.12. The number of nitrogens with one attached hydrogen (secondary N) is 1. The number of hydrogen-bond donors (Lipinski definition) is 1. The van der Waals surface area contributed by atoms with Crippen LogP contribution >= 0.6 is 34.5 Å². The van der Waals surface area contributed by atoms with E-state index in [1.165, 1.54) is 11.3 Å². The highest BCUT2D eigenvalue weighted by atomic mass is 35.5. The number of thiophene rings is 1. The van der Waals surface area contributed by atoms with Gasteiger partial charge in [-0.2, -0.15) is 4.98 Å². The number of rotatable bonds is 3. The first-order valence-electron chi connectivity index (χ1n) is 4.76. The van der Waals surface area contributed by atoms with Crippen LogP contribution in [0, 0.1) is 5.82 Å². The second-order valence-electron chi connectivity index (χ2n) is 3.34. The van der Waals surface area contributed by atoms with E-state index in [9.17, 15) is 4.39 Å². The first-order chi connectivity index (χ1) is 8.06. The van der Waals surface area contributed by atoms with Gasteiger partial charge in [0, 0.05) is 4.88 Å². The van der Waals surface area contributed by atoms with Crippen LogP contribution in [0.3, 0.4) is 0 Å². The van der Waals surface area contributed by atoms with Crippen molar-refractivity contribution in [3.8, 4) is 0 Å². The second kappa shape index (κ2) is 5.16. The number of anilines is 1. The van der Waals surface area contributed by atoms with Gasteiger partial charge in [0.1, 0.15) is 0 Å². The van der Waals surface area contributed by atoms with Crippen LogP contribution in [-0.4, -0.2) is 9.97 Å². The van der Waals surface area contributed by atoms with Crippen molar-refractivity contribution in [2.75, 3.05) is 5.32 Å². The van der Waals surface area contributed by atoms with E-state index < -0.39 is 5.82 Å². The molecule has 0 bridgehead atoms. The summed E-state index contributed by atoms with van der Waals surface area (Å²) in [6, 6.07) is 3.57. The maximum atomic E-state index is 13.4. The molecule has 0 aliphatic rings. The van der Waals surface area contributed by atoms with Gasteiger partial charge in [-0.05, 0) is 30.7 Å². The third kappa shape index (κ3) is 3.06. The Morgan fingerprint density at radius 1 is 1.41 bits per heavy atom. The highest BCUT2D eigenvalue weighted by Crippen LogP contribution is 2.29. The first kappa shape index (κ1) is 12.5. The van der Waals surface area contributed by atoms with Gasteiger partial charge in [-0.1, -0.05) is 11.6 Å². The monoisotopic (exact) mass is 291 g/mol. The summed E-state index contributed by atoms with van der Waals surface area (Å²) in [5.41, 5.74) is 0. The van der Waals surface area contributed by atoms with Gasteiger partial charge in [0.05, 0.1) is 16.6 Å². The molecule has 2 rings (SSSR count). The molecule has 0 amide bonds. The Labute approximate surface area is 112 Å². The Balaban J connectivity index is 2.18. The average Bonchev–Trinajstić information content (AvgIpc) is 2.70. The molecule has 1 unspecified atom stereocenters. The first-order valence-corrected chi connectivity index (χ1v) is 6.33. The summed E-state index contributed by atoms with van der Waals surface area (Å²) in [5.74, 6) is -0.453. The van der Waals surface area contributed by atoms with Crippen LogP contribution < -0.4 is 5.32 Å². The van der Waals surface area contributed by atoms with Crippen LogP contribution in [-0.2, 0) is 0 Å². The van der Waals surface area contributed by atoms with Crippen LogP contribution in [0.15, 0.2) is 18.3 Å². The van der Waals surface area contributed by atoms with Crippen LogP contribution in [0.4, 0.5) is 10.2 Å². The number of hydrogen-bond acceptors (Lipinski definition) is 4. The molecule has 0 radical (unpaired) electrons. The van der Waals surface area contributed by atoms with Crippen molar-refractivity contribution in [2.45, 2.75) is 13.0 Å². The van der Waals surface area contributed by atoms with Crippen molar-refractivity contribution in [2.24, 2.45) is 0 Å². The molecular weight excluding hydrogens is 284 g/mol. The minimum absolute atomic E-state index is 0.00492. The quantitative estimate of drug-likeness (QED) is 0.863. The van der Waals surface area contributed by atoms with E-state index in [2.05, 4.69) is 15.3 Å². The molecule has 0 aliphatic carbocycles. The van der Waals surface area contributed by atoms with Crippen LogP contribution in [0.5, 0.6) is 0 Å². The Morgan fingerprint density at radius 3 is 2.82 bits per heavy atom. The summed E-state index contributed by atoms with van der Waals surface area (Å²) in [6.07, 6.45) is 1.03. The summed E-state index contributed by atoms with van der Waals surface area (Å²) in [6.45, 7) is 1.89. The lowest BCUT2D eigenvalue weighted by molar-refractivity contribution is 0.614. The van der Waals surface area contributed by atoms with Gasteiger partial charge >= 0.3 is 0 Å². The number of aromatic nitrogens is 2. The van der Waals surface area contributed by atoms with E-state index in [4.69, 9.17) is 23.2 Å². The minimum atomic E-state index is -0.538. The molecular formula is C10H8Cl2FN3S. The number of halogens is 3. The molecule has 2 heterocycles. The van der Waals surface area contributed by atoms with Crippen LogP contribution in [0.1, 0.15) is 17.8 Å². The molecule has 90 valence electrons. The van der Waals surface area contributed by atoms with Gasteiger partial charge in [0.15, 0.2) is 11.6 Å². The molecule has 17 heavy (non-hydrogen) atoms. The van der Waals surface area contributed by atoms with E-state index in [1.54, 1.807) is 6.07 Å². The fourth-order valence-electron chi connectivity index (χ4n) is 1.28. The molecule has 0 spiro atoms. The molecule has 7 heteroatoms.